The van der Waals surface area contributed by atoms with Crippen molar-refractivity contribution in [2.75, 3.05) is 13.7 Å². The molecule has 0 spiro atoms. The first-order valence-corrected chi connectivity index (χ1v) is 6.28. The third-order valence-electron chi connectivity index (χ3n) is 2.97. The molecular weight excluding hydrogens is 240 g/mol. The zero-order valence-electron chi connectivity index (χ0n) is 9.75. The monoisotopic (exact) mass is 254 g/mol. The summed E-state index contributed by atoms with van der Waals surface area (Å²) in [6.07, 6.45) is 1.96. The topological polar surface area (TPSA) is 59.5 Å². The van der Waals surface area contributed by atoms with Crippen molar-refractivity contribution in [1.82, 2.24) is 9.88 Å². The first-order chi connectivity index (χ1) is 8.13. The molecule has 0 N–H and O–H groups in total. The zero-order valence-corrected chi connectivity index (χ0v) is 10.6. The van der Waals surface area contributed by atoms with Crippen LogP contribution in [0.15, 0.2) is 11.6 Å². The molecule has 1 saturated heterocycles. The van der Waals surface area contributed by atoms with Gasteiger partial charge in [-0.1, -0.05) is 0 Å². The van der Waals surface area contributed by atoms with Crippen LogP contribution in [0.3, 0.4) is 0 Å². The number of carbonyl (C=O) groups is 2. The molecule has 1 amide bonds. The Morgan fingerprint density at radius 1 is 1.71 bits per heavy atom. The highest BCUT2D eigenvalue weighted by Crippen LogP contribution is 2.29. The fourth-order valence-electron chi connectivity index (χ4n) is 2.00. The number of hydrogen-bond acceptors (Lipinski definition) is 5. The molecule has 0 aromatic carbocycles. The summed E-state index contributed by atoms with van der Waals surface area (Å²) >= 11 is 1.51. The molecule has 2 heterocycles. The quantitative estimate of drug-likeness (QED) is 0.761. The van der Waals surface area contributed by atoms with Gasteiger partial charge in [0.1, 0.15) is 5.01 Å². The lowest BCUT2D eigenvalue weighted by molar-refractivity contribution is -0.145. The molecule has 92 valence electrons. The minimum absolute atomic E-state index is 0.0110. The second-order valence-electron chi connectivity index (χ2n) is 4.02. The van der Waals surface area contributed by atoms with Crippen molar-refractivity contribution < 1.29 is 14.3 Å². The second kappa shape index (κ2) is 4.83. The second-order valence-corrected chi connectivity index (χ2v) is 4.94. The highest BCUT2D eigenvalue weighted by molar-refractivity contribution is 7.09. The van der Waals surface area contributed by atoms with Gasteiger partial charge < -0.3 is 9.64 Å². The number of ether oxygens (including phenoxy) is 1. The first kappa shape index (κ1) is 12.0. The van der Waals surface area contributed by atoms with Gasteiger partial charge in [0, 0.05) is 24.5 Å². The molecule has 1 fully saturated rings. The maximum Gasteiger partial charge on any atom is 0.310 e. The number of methoxy groups -OCH3 is 1. The number of likely N-dealkylation sites (tertiary alicyclic amines) is 1. The Morgan fingerprint density at radius 2 is 2.47 bits per heavy atom. The van der Waals surface area contributed by atoms with Gasteiger partial charge in [0.15, 0.2) is 0 Å². The molecule has 0 aliphatic carbocycles. The van der Waals surface area contributed by atoms with Crippen molar-refractivity contribution in [3.8, 4) is 0 Å². The molecule has 17 heavy (non-hydrogen) atoms. The van der Waals surface area contributed by atoms with Gasteiger partial charge in [0.2, 0.25) is 5.91 Å². The van der Waals surface area contributed by atoms with E-state index in [1.807, 2.05) is 12.3 Å². The summed E-state index contributed by atoms with van der Waals surface area (Å²) in [4.78, 5) is 29.1. The molecule has 5 nitrogen and oxygen atoms in total. The normalized spacial score (nSPS) is 21.6. The van der Waals surface area contributed by atoms with Crippen LogP contribution in [0.2, 0.25) is 0 Å². The zero-order chi connectivity index (χ0) is 12.4. The number of amides is 1. The van der Waals surface area contributed by atoms with Gasteiger partial charge in [-0.2, -0.15) is 0 Å². The standard InChI is InChI=1S/C11H14N2O3S/c1-7(10-12-3-4-17-10)13-6-8(5-9(13)14)11(15)16-2/h3-4,7-8H,5-6H2,1-2H3. The number of hydrogen-bond donors (Lipinski definition) is 0. The number of rotatable bonds is 3. The van der Waals surface area contributed by atoms with Crippen molar-refractivity contribution in [3.63, 3.8) is 0 Å². The van der Waals surface area contributed by atoms with Crippen LogP contribution in [0.5, 0.6) is 0 Å². The highest BCUT2D eigenvalue weighted by atomic mass is 32.1. The van der Waals surface area contributed by atoms with Crippen molar-refractivity contribution in [2.45, 2.75) is 19.4 Å². The molecule has 1 aliphatic rings. The first-order valence-electron chi connectivity index (χ1n) is 5.40. The van der Waals surface area contributed by atoms with Crippen molar-refractivity contribution in [2.24, 2.45) is 5.92 Å². The summed E-state index contributed by atoms with van der Waals surface area (Å²) in [5, 5.41) is 2.77. The smallest absolute Gasteiger partial charge is 0.310 e. The molecule has 2 unspecified atom stereocenters. The predicted octanol–water partition coefficient (Wildman–Crippen LogP) is 1.23. The van der Waals surface area contributed by atoms with Crippen molar-refractivity contribution >= 4 is 23.2 Å². The molecule has 0 saturated carbocycles. The molecule has 0 bridgehead atoms. The van der Waals surface area contributed by atoms with E-state index in [0.29, 0.717) is 6.54 Å². The van der Waals surface area contributed by atoms with E-state index < -0.39 is 0 Å². The molecule has 6 heteroatoms. The van der Waals surface area contributed by atoms with Gasteiger partial charge in [-0.05, 0) is 6.92 Å². The van der Waals surface area contributed by atoms with E-state index in [9.17, 15) is 9.59 Å². The summed E-state index contributed by atoms with van der Waals surface area (Å²) in [5.41, 5.74) is 0. The van der Waals surface area contributed by atoms with Crippen molar-refractivity contribution in [3.05, 3.63) is 16.6 Å². The van der Waals surface area contributed by atoms with Gasteiger partial charge in [-0.25, -0.2) is 4.98 Å². The molecule has 1 aliphatic heterocycles. The van der Waals surface area contributed by atoms with Gasteiger partial charge in [0.25, 0.3) is 0 Å². The lowest BCUT2D eigenvalue weighted by Crippen LogP contribution is -2.29. The van der Waals surface area contributed by atoms with E-state index in [-0.39, 0.29) is 30.3 Å². The minimum Gasteiger partial charge on any atom is -0.469 e. The van der Waals surface area contributed by atoms with Crippen molar-refractivity contribution in [1.29, 1.82) is 0 Å². The largest absolute Gasteiger partial charge is 0.469 e. The number of carbonyl (C=O) groups excluding carboxylic acids is 2. The third-order valence-corrected chi connectivity index (χ3v) is 3.92. The molecule has 2 rings (SSSR count). The predicted molar refractivity (Wildman–Crippen MR) is 62.4 cm³/mol. The van der Waals surface area contributed by atoms with Crippen LogP contribution >= 0.6 is 11.3 Å². The fraction of sp³-hybridized carbons (Fsp3) is 0.545. The Balaban J connectivity index is 2.08. The van der Waals surface area contributed by atoms with E-state index in [1.54, 1.807) is 11.1 Å². The average molecular weight is 254 g/mol. The van der Waals surface area contributed by atoms with Crippen LogP contribution in [0.4, 0.5) is 0 Å². The van der Waals surface area contributed by atoms with Crippen LogP contribution < -0.4 is 0 Å². The number of thiazole rings is 1. The Labute approximate surface area is 103 Å². The number of esters is 1. The maximum atomic E-state index is 11.8. The number of nitrogens with zero attached hydrogens (tertiary/aromatic N) is 2. The maximum absolute atomic E-state index is 11.8. The van der Waals surface area contributed by atoms with Crippen LogP contribution in [0.1, 0.15) is 24.4 Å². The molecule has 1 aromatic rings. The summed E-state index contributed by atoms with van der Waals surface area (Å²) in [5.74, 6) is -0.662. The van der Waals surface area contributed by atoms with Gasteiger partial charge in [-0.15, -0.1) is 11.3 Å². The van der Waals surface area contributed by atoms with E-state index in [4.69, 9.17) is 0 Å². The summed E-state index contributed by atoms with van der Waals surface area (Å²) in [6, 6.07) is -0.0721. The summed E-state index contributed by atoms with van der Waals surface area (Å²) < 4.78 is 4.67. The SMILES string of the molecule is COC(=O)C1CC(=O)N(C(C)c2nccs2)C1. The van der Waals surface area contributed by atoms with Gasteiger partial charge >= 0.3 is 5.97 Å². The lowest BCUT2D eigenvalue weighted by Gasteiger charge is -2.22. The fourth-order valence-corrected chi connectivity index (χ4v) is 2.71. The van der Waals surface area contributed by atoms with E-state index in [1.165, 1.54) is 18.4 Å². The van der Waals surface area contributed by atoms with Crippen LogP contribution in [0, 0.1) is 5.92 Å². The Morgan fingerprint density at radius 3 is 3.06 bits per heavy atom. The Bertz CT molecular complexity index is 418. The lowest BCUT2D eigenvalue weighted by atomic mass is 10.1. The van der Waals surface area contributed by atoms with Crippen LogP contribution in [-0.4, -0.2) is 35.4 Å². The third kappa shape index (κ3) is 2.31. The van der Waals surface area contributed by atoms with Gasteiger partial charge in [-0.3, -0.25) is 9.59 Å². The van der Waals surface area contributed by atoms with Crippen LogP contribution in [0.25, 0.3) is 0 Å². The molecular formula is C11H14N2O3S. The Kier molecular flexibility index (Phi) is 3.42. The van der Waals surface area contributed by atoms with E-state index in [0.717, 1.165) is 5.01 Å². The summed E-state index contributed by atoms with van der Waals surface area (Å²) in [7, 11) is 1.35. The van der Waals surface area contributed by atoms with E-state index >= 15 is 0 Å². The minimum atomic E-state index is -0.338. The van der Waals surface area contributed by atoms with Crippen LogP contribution in [-0.2, 0) is 14.3 Å². The average Bonchev–Trinajstić information content (AvgIpc) is 2.96. The van der Waals surface area contributed by atoms with E-state index in [2.05, 4.69) is 9.72 Å². The highest BCUT2D eigenvalue weighted by Gasteiger charge is 2.38. The molecule has 2 atom stereocenters. The molecule has 0 radical (unpaired) electrons. The Hall–Kier alpha value is -1.43. The number of aromatic nitrogens is 1. The van der Waals surface area contributed by atoms with Gasteiger partial charge in [0.05, 0.1) is 19.1 Å². The molecule has 1 aromatic heterocycles. The summed E-state index contributed by atoms with van der Waals surface area (Å²) in [6.45, 7) is 2.35.